The Bertz CT molecular complexity index is 305. The summed E-state index contributed by atoms with van der Waals surface area (Å²) in [6.45, 7) is 2.47. The molecule has 1 aromatic rings. The van der Waals surface area contributed by atoms with E-state index in [0.717, 1.165) is 5.56 Å². The van der Waals surface area contributed by atoms with E-state index in [2.05, 4.69) is 10.3 Å². The summed E-state index contributed by atoms with van der Waals surface area (Å²) in [5, 5.41) is 2.67. The second-order valence-electron chi connectivity index (χ2n) is 2.54. The Morgan fingerprint density at radius 1 is 1.64 bits per heavy atom. The normalized spacial score (nSPS) is 9.00. The summed E-state index contributed by atoms with van der Waals surface area (Å²) in [5.41, 5.74) is 1.32. The number of hydrogen-bond donors (Lipinski definition) is 1. The maximum atomic E-state index is 11.3. The fourth-order valence-corrected chi connectivity index (χ4v) is 1.10. The number of alkyl halides is 1. The van der Waals surface area contributed by atoms with Crippen LogP contribution in [-0.2, 0) is 5.88 Å². The van der Waals surface area contributed by atoms with E-state index in [1.54, 1.807) is 18.3 Å². The summed E-state index contributed by atoms with van der Waals surface area (Å²) in [7, 11) is 0. The fourth-order valence-electron chi connectivity index (χ4n) is 0.933. The highest BCUT2D eigenvalue weighted by molar-refractivity contribution is 6.17. The SMILES string of the molecule is CCNC(=O)c1cc(CCl)ccn1.Cl. The number of carbonyl (C=O) groups is 1. The van der Waals surface area contributed by atoms with E-state index in [9.17, 15) is 4.79 Å². The van der Waals surface area contributed by atoms with Crippen LogP contribution in [-0.4, -0.2) is 17.4 Å². The Morgan fingerprint density at radius 2 is 2.36 bits per heavy atom. The molecule has 1 N–H and O–H groups in total. The minimum Gasteiger partial charge on any atom is -0.351 e. The summed E-state index contributed by atoms with van der Waals surface area (Å²) in [5.74, 6) is 0.240. The molecule has 0 spiro atoms. The van der Waals surface area contributed by atoms with Gasteiger partial charge in [-0.25, -0.2) is 0 Å². The van der Waals surface area contributed by atoms with E-state index in [-0.39, 0.29) is 18.3 Å². The lowest BCUT2D eigenvalue weighted by Crippen LogP contribution is -2.23. The molecule has 0 radical (unpaired) electrons. The van der Waals surface area contributed by atoms with Gasteiger partial charge >= 0.3 is 0 Å². The Morgan fingerprint density at radius 3 is 2.93 bits per heavy atom. The predicted molar refractivity (Wildman–Crippen MR) is 59.0 cm³/mol. The highest BCUT2D eigenvalue weighted by Gasteiger charge is 2.05. The topological polar surface area (TPSA) is 42.0 Å². The number of carbonyl (C=O) groups excluding carboxylic acids is 1. The summed E-state index contributed by atoms with van der Waals surface area (Å²) in [6.07, 6.45) is 1.59. The lowest BCUT2D eigenvalue weighted by atomic mass is 10.2. The molecule has 0 bridgehead atoms. The van der Waals surface area contributed by atoms with Crippen LogP contribution in [0, 0.1) is 0 Å². The molecular weight excluding hydrogens is 223 g/mol. The van der Waals surface area contributed by atoms with Crippen molar-refractivity contribution >= 4 is 29.9 Å². The van der Waals surface area contributed by atoms with Crippen LogP contribution in [0.2, 0.25) is 0 Å². The van der Waals surface area contributed by atoms with E-state index in [0.29, 0.717) is 18.1 Å². The molecule has 1 rings (SSSR count). The van der Waals surface area contributed by atoms with Crippen molar-refractivity contribution in [1.82, 2.24) is 10.3 Å². The first-order valence-electron chi connectivity index (χ1n) is 4.07. The van der Waals surface area contributed by atoms with Crippen molar-refractivity contribution in [1.29, 1.82) is 0 Å². The Balaban J connectivity index is 0.00000169. The van der Waals surface area contributed by atoms with Crippen LogP contribution < -0.4 is 5.32 Å². The van der Waals surface area contributed by atoms with Crippen molar-refractivity contribution in [3.8, 4) is 0 Å². The number of hydrogen-bond acceptors (Lipinski definition) is 2. The molecule has 0 aliphatic heterocycles. The van der Waals surface area contributed by atoms with E-state index in [4.69, 9.17) is 11.6 Å². The van der Waals surface area contributed by atoms with Crippen molar-refractivity contribution in [2.45, 2.75) is 12.8 Å². The fraction of sp³-hybridized carbons (Fsp3) is 0.333. The van der Waals surface area contributed by atoms with Gasteiger partial charge in [0.15, 0.2) is 0 Å². The van der Waals surface area contributed by atoms with Crippen molar-refractivity contribution in [3.05, 3.63) is 29.6 Å². The molecule has 1 aromatic heterocycles. The van der Waals surface area contributed by atoms with Gasteiger partial charge in [-0.15, -0.1) is 24.0 Å². The average Bonchev–Trinajstić information content (AvgIpc) is 2.18. The molecule has 3 nitrogen and oxygen atoms in total. The molecule has 1 heterocycles. The van der Waals surface area contributed by atoms with E-state index >= 15 is 0 Å². The zero-order valence-corrected chi connectivity index (χ0v) is 9.36. The molecule has 0 saturated carbocycles. The smallest absolute Gasteiger partial charge is 0.269 e. The van der Waals surface area contributed by atoms with Gasteiger partial charge in [-0.1, -0.05) is 0 Å². The van der Waals surface area contributed by atoms with E-state index < -0.39 is 0 Å². The van der Waals surface area contributed by atoms with Crippen LogP contribution in [0.25, 0.3) is 0 Å². The molecule has 78 valence electrons. The second-order valence-corrected chi connectivity index (χ2v) is 2.81. The van der Waals surface area contributed by atoms with Gasteiger partial charge in [0.1, 0.15) is 5.69 Å². The molecule has 0 fully saturated rings. The third-order valence-electron chi connectivity index (χ3n) is 1.55. The molecule has 0 saturated heterocycles. The minimum atomic E-state index is -0.158. The minimum absolute atomic E-state index is 0. The van der Waals surface area contributed by atoms with Gasteiger partial charge in [0.05, 0.1) is 0 Å². The van der Waals surface area contributed by atoms with Gasteiger partial charge in [0, 0.05) is 18.6 Å². The molecule has 5 heteroatoms. The number of rotatable bonds is 3. The van der Waals surface area contributed by atoms with Crippen LogP contribution in [0.3, 0.4) is 0 Å². The second kappa shape index (κ2) is 6.62. The van der Waals surface area contributed by atoms with Gasteiger partial charge < -0.3 is 5.32 Å². The van der Waals surface area contributed by atoms with E-state index in [1.165, 1.54) is 0 Å². The maximum Gasteiger partial charge on any atom is 0.269 e. The molecule has 0 aliphatic carbocycles. The quantitative estimate of drug-likeness (QED) is 0.814. The molecule has 0 atom stereocenters. The van der Waals surface area contributed by atoms with Gasteiger partial charge in [0.2, 0.25) is 0 Å². The van der Waals surface area contributed by atoms with Gasteiger partial charge in [0.25, 0.3) is 5.91 Å². The monoisotopic (exact) mass is 234 g/mol. The lowest BCUT2D eigenvalue weighted by Gasteiger charge is -2.01. The maximum absolute atomic E-state index is 11.3. The molecule has 0 aliphatic rings. The number of amides is 1. The molecule has 1 amide bonds. The van der Waals surface area contributed by atoms with Crippen molar-refractivity contribution < 1.29 is 4.79 Å². The van der Waals surface area contributed by atoms with Crippen LogP contribution in [0.15, 0.2) is 18.3 Å². The largest absolute Gasteiger partial charge is 0.351 e. The Kier molecular flexibility index (Phi) is 6.25. The van der Waals surface area contributed by atoms with Crippen molar-refractivity contribution in [2.75, 3.05) is 6.54 Å². The van der Waals surface area contributed by atoms with Crippen molar-refractivity contribution in [2.24, 2.45) is 0 Å². The van der Waals surface area contributed by atoms with Crippen LogP contribution in [0.5, 0.6) is 0 Å². The first kappa shape index (κ1) is 13.2. The zero-order chi connectivity index (χ0) is 9.68. The summed E-state index contributed by atoms with van der Waals surface area (Å²) >= 11 is 5.62. The van der Waals surface area contributed by atoms with Gasteiger partial charge in [-0.2, -0.15) is 0 Å². The summed E-state index contributed by atoms with van der Waals surface area (Å²) in [4.78, 5) is 15.2. The predicted octanol–water partition coefficient (Wildman–Crippen LogP) is 1.99. The number of pyridine rings is 1. The first-order chi connectivity index (χ1) is 6.27. The lowest BCUT2D eigenvalue weighted by molar-refractivity contribution is 0.0951. The highest BCUT2D eigenvalue weighted by Crippen LogP contribution is 2.04. The van der Waals surface area contributed by atoms with Gasteiger partial charge in [-0.3, -0.25) is 9.78 Å². The summed E-state index contributed by atoms with van der Waals surface area (Å²) in [6, 6.07) is 3.48. The third kappa shape index (κ3) is 3.52. The van der Waals surface area contributed by atoms with Crippen LogP contribution >= 0.6 is 24.0 Å². The number of halogens is 2. The summed E-state index contributed by atoms with van der Waals surface area (Å²) < 4.78 is 0. The standard InChI is InChI=1S/C9H11ClN2O.ClH/c1-2-11-9(13)8-5-7(6-10)3-4-12-8;/h3-5H,2,6H2,1H3,(H,11,13);1H. The van der Waals surface area contributed by atoms with Crippen LogP contribution in [0.4, 0.5) is 0 Å². The zero-order valence-electron chi connectivity index (χ0n) is 7.79. The third-order valence-corrected chi connectivity index (χ3v) is 1.86. The van der Waals surface area contributed by atoms with Gasteiger partial charge in [-0.05, 0) is 24.6 Å². The van der Waals surface area contributed by atoms with Crippen LogP contribution in [0.1, 0.15) is 23.0 Å². The number of aromatic nitrogens is 1. The first-order valence-corrected chi connectivity index (χ1v) is 4.60. The molecule has 14 heavy (non-hydrogen) atoms. The Labute approximate surface area is 94.3 Å². The molecular formula is C9H12Cl2N2O. The van der Waals surface area contributed by atoms with Crippen molar-refractivity contribution in [3.63, 3.8) is 0 Å². The van der Waals surface area contributed by atoms with E-state index in [1.807, 2.05) is 6.92 Å². The number of nitrogens with zero attached hydrogens (tertiary/aromatic N) is 1. The number of nitrogens with one attached hydrogen (secondary N) is 1. The Hall–Kier alpha value is -0.800. The average molecular weight is 235 g/mol. The highest BCUT2D eigenvalue weighted by atomic mass is 35.5. The molecule has 0 unspecified atom stereocenters. The molecule has 0 aromatic carbocycles.